The summed E-state index contributed by atoms with van der Waals surface area (Å²) in [5, 5.41) is 4.58. The molecule has 0 aliphatic carbocycles. The molecule has 0 aromatic carbocycles. The molecule has 0 spiro atoms. The molecule has 2 rings (SSSR count). The number of carbonyl (C=O) groups is 1. The minimum atomic E-state index is -3.42. The van der Waals surface area contributed by atoms with Crippen molar-refractivity contribution in [2.75, 3.05) is 19.6 Å². The highest BCUT2D eigenvalue weighted by Gasteiger charge is 2.26. The fraction of sp³-hybridized carbons (Fsp3) is 0.615. The van der Waals surface area contributed by atoms with Crippen LogP contribution in [0.1, 0.15) is 26.2 Å². The minimum absolute atomic E-state index is 0.0589. The van der Waals surface area contributed by atoms with Crippen LogP contribution in [0, 0.1) is 0 Å². The molecule has 0 radical (unpaired) electrons. The number of amides is 2. The minimum Gasteiger partial charge on any atom is -0.338 e. The molecule has 118 valence electrons. The Labute approximate surface area is 129 Å². The monoisotopic (exact) mass is 331 g/mol. The lowest BCUT2D eigenvalue weighted by Crippen LogP contribution is -2.49. The van der Waals surface area contributed by atoms with Crippen molar-refractivity contribution in [2.24, 2.45) is 0 Å². The van der Waals surface area contributed by atoms with Gasteiger partial charge in [-0.25, -0.2) is 17.9 Å². The van der Waals surface area contributed by atoms with Crippen molar-refractivity contribution < 1.29 is 13.2 Å². The lowest BCUT2D eigenvalue weighted by Gasteiger charge is -2.32. The van der Waals surface area contributed by atoms with Crippen molar-refractivity contribution in [2.45, 2.75) is 36.4 Å². The number of sulfonamides is 1. The first kappa shape index (κ1) is 16.3. The number of nitrogens with one attached hydrogen (secondary N) is 2. The molecule has 0 saturated carbocycles. The summed E-state index contributed by atoms with van der Waals surface area (Å²) in [6.07, 6.45) is 2.19. The molecular formula is C13H21N3O3S2. The van der Waals surface area contributed by atoms with Gasteiger partial charge in [0, 0.05) is 25.7 Å². The van der Waals surface area contributed by atoms with E-state index in [9.17, 15) is 13.2 Å². The number of thiophene rings is 1. The molecule has 2 amide bonds. The lowest BCUT2D eigenvalue weighted by molar-refractivity contribution is 0.180. The Balaban J connectivity index is 1.83. The molecule has 1 aromatic heterocycles. The number of hydrogen-bond donors (Lipinski definition) is 2. The van der Waals surface area contributed by atoms with Gasteiger partial charge in [-0.05, 0) is 30.7 Å². The molecule has 6 nitrogen and oxygen atoms in total. The highest BCUT2D eigenvalue weighted by molar-refractivity contribution is 7.91. The van der Waals surface area contributed by atoms with Crippen molar-refractivity contribution in [3.05, 3.63) is 17.5 Å². The van der Waals surface area contributed by atoms with Gasteiger partial charge in [-0.15, -0.1) is 11.3 Å². The summed E-state index contributed by atoms with van der Waals surface area (Å²) in [6, 6.07) is 3.16. The third-order valence-electron chi connectivity index (χ3n) is 3.39. The molecule has 0 unspecified atom stereocenters. The Hall–Kier alpha value is -1.12. The predicted molar refractivity (Wildman–Crippen MR) is 82.9 cm³/mol. The summed E-state index contributed by atoms with van der Waals surface area (Å²) in [6.45, 7) is 3.83. The van der Waals surface area contributed by atoms with Gasteiger partial charge in [0.1, 0.15) is 4.21 Å². The van der Waals surface area contributed by atoms with E-state index in [2.05, 4.69) is 10.0 Å². The molecule has 2 heterocycles. The van der Waals surface area contributed by atoms with Crippen LogP contribution in [0.2, 0.25) is 0 Å². The van der Waals surface area contributed by atoms with Crippen LogP contribution in [0.25, 0.3) is 0 Å². The molecule has 0 atom stereocenters. The Morgan fingerprint density at radius 2 is 2.14 bits per heavy atom. The van der Waals surface area contributed by atoms with E-state index in [4.69, 9.17) is 0 Å². The summed E-state index contributed by atoms with van der Waals surface area (Å²) in [5.74, 6) is 0. The van der Waals surface area contributed by atoms with Gasteiger partial charge in [0.25, 0.3) is 0 Å². The summed E-state index contributed by atoms with van der Waals surface area (Å²) in [7, 11) is -3.42. The molecular weight excluding hydrogens is 310 g/mol. The number of piperidine rings is 1. The Bertz CT molecular complexity index is 549. The van der Waals surface area contributed by atoms with Crippen LogP contribution in [-0.4, -0.2) is 45.0 Å². The highest BCUT2D eigenvalue weighted by atomic mass is 32.2. The second kappa shape index (κ2) is 7.24. The average Bonchev–Trinajstić information content (AvgIpc) is 3.00. The fourth-order valence-electron chi connectivity index (χ4n) is 2.24. The fourth-order valence-corrected chi connectivity index (χ4v) is 4.55. The van der Waals surface area contributed by atoms with Gasteiger partial charge in [-0.2, -0.15) is 0 Å². The molecule has 1 aliphatic rings. The first-order valence-electron chi connectivity index (χ1n) is 7.11. The second-order valence-electron chi connectivity index (χ2n) is 5.05. The third kappa shape index (κ3) is 4.42. The number of likely N-dealkylation sites (tertiary alicyclic amines) is 1. The quantitative estimate of drug-likeness (QED) is 0.860. The van der Waals surface area contributed by atoms with Crippen molar-refractivity contribution in [3.63, 3.8) is 0 Å². The predicted octanol–water partition coefficient (Wildman–Crippen LogP) is 1.61. The zero-order chi connectivity index (χ0) is 15.3. The maximum Gasteiger partial charge on any atom is 0.317 e. The van der Waals surface area contributed by atoms with Crippen molar-refractivity contribution in [1.29, 1.82) is 0 Å². The van der Waals surface area contributed by atoms with Crippen LogP contribution in [0.3, 0.4) is 0 Å². The van der Waals surface area contributed by atoms with Gasteiger partial charge < -0.3 is 10.2 Å². The first-order chi connectivity index (χ1) is 10.0. The summed E-state index contributed by atoms with van der Waals surface area (Å²) >= 11 is 1.21. The van der Waals surface area contributed by atoms with E-state index >= 15 is 0 Å². The normalized spacial score (nSPS) is 16.9. The van der Waals surface area contributed by atoms with Crippen molar-refractivity contribution in [1.82, 2.24) is 14.9 Å². The van der Waals surface area contributed by atoms with Crippen LogP contribution in [-0.2, 0) is 10.0 Å². The van der Waals surface area contributed by atoms with Gasteiger partial charge in [-0.1, -0.05) is 13.0 Å². The van der Waals surface area contributed by atoms with Crippen LogP contribution in [0.4, 0.5) is 4.79 Å². The van der Waals surface area contributed by atoms with Crippen LogP contribution in [0.15, 0.2) is 21.7 Å². The van der Waals surface area contributed by atoms with Gasteiger partial charge in [-0.3, -0.25) is 0 Å². The van der Waals surface area contributed by atoms with Crippen molar-refractivity contribution >= 4 is 27.4 Å². The Morgan fingerprint density at radius 3 is 2.71 bits per heavy atom. The number of carbonyl (C=O) groups excluding carboxylic acids is 1. The third-order valence-corrected chi connectivity index (χ3v) is 6.31. The van der Waals surface area contributed by atoms with Crippen LogP contribution >= 0.6 is 11.3 Å². The lowest BCUT2D eigenvalue weighted by atomic mass is 10.1. The summed E-state index contributed by atoms with van der Waals surface area (Å²) in [5.41, 5.74) is 0. The molecule has 21 heavy (non-hydrogen) atoms. The van der Waals surface area contributed by atoms with Gasteiger partial charge in [0.15, 0.2) is 0 Å². The molecule has 1 saturated heterocycles. The Morgan fingerprint density at radius 1 is 1.43 bits per heavy atom. The maximum absolute atomic E-state index is 12.1. The second-order valence-corrected chi connectivity index (χ2v) is 7.94. The number of hydrogen-bond acceptors (Lipinski definition) is 4. The average molecular weight is 331 g/mol. The van der Waals surface area contributed by atoms with E-state index in [-0.39, 0.29) is 12.1 Å². The molecule has 1 aromatic rings. The van der Waals surface area contributed by atoms with Gasteiger partial charge in [0.05, 0.1) is 0 Å². The zero-order valence-electron chi connectivity index (χ0n) is 12.0. The highest BCUT2D eigenvalue weighted by Crippen LogP contribution is 2.18. The summed E-state index contributed by atoms with van der Waals surface area (Å²) < 4.78 is 27.3. The molecule has 2 N–H and O–H groups in total. The largest absolute Gasteiger partial charge is 0.338 e. The van der Waals surface area contributed by atoms with E-state index < -0.39 is 10.0 Å². The first-order valence-corrected chi connectivity index (χ1v) is 9.48. The molecule has 8 heteroatoms. The maximum atomic E-state index is 12.1. The number of urea groups is 1. The van der Waals surface area contributed by atoms with E-state index in [1.54, 1.807) is 22.4 Å². The number of nitrogens with zero attached hydrogens (tertiary/aromatic N) is 1. The molecule has 1 aliphatic heterocycles. The SMILES string of the molecule is CCCNC(=O)N1CCC(NS(=O)(=O)c2cccs2)CC1. The van der Waals surface area contributed by atoms with Crippen molar-refractivity contribution in [3.8, 4) is 0 Å². The molecule has 0 bridgehead atoms. The standard InChI is InChI=1S/C13H21N3O3S2/c1-2-7-14-13(17)16-8-5-11(6-9-16)15-21(18,19)12-4-3-10-20-12/h3-4,10-11,15H,2,5-9H2,1H3,(H,14,17). The van der Waals surface area contributed by atoms with E-state index in [1.165, 1.54) is 11.3 Å². The van der Waals surface area contributed by atoms with Gasteiger partial charge >= 0.3 is 6.03 Å². The van der Waals surface area contributed by atoms with Crippen LogP contribution in [0.5, 0.6) is 0 Å². The smallest absolute Gasteiger partial charge is 0.317 e. The summed E-state index contributed by atoms with van der Waals surface area (Å²) in [4.78, 5) is 13.6. The Kier molecular flexibility index (Phi) is 5.60. The van der Waals surface area contributed by atoms with E-state index in [1.807, 2.05) is 6.92 Å². The molecule has 1 fully saturated rings. The zero-order valence-corrected chi connectivity index (χ0v) is 13.7. The van der Waals surface area contributed by atoms with Crippen LogP contribution < -0.4 is 10.0 Å². The topological polar surface area (TPSA) is 78.5 Å². The van der Waals surface area contributed by atoms with E-state index in [0.717, 1.165) is 6.42 Å². The van der Waals surface area contributed by atoms with Gasteiger partial charge in [0.2, 0.25) is 10.0 Å². The number of rotatable bonds is 5. The van der Waals surface area contributed by atoms with E-state index in [0.29, 0.717) is 36.7 Å².